The van der Waals surface area contributed by atoms with Crippen molar-refractivity contribution >= 4 is 29.0 Å². The van der Waals surface area contributed by atoms with Crippen LogP contribution in [0.15, 0.2) is 46.9 Å². The average Bonchev–Trinajstić information content (AvgIpc) is 3.28. The summed E-state index contributed by atoms with van der Waals surface area (Å²) in [6.45, 7) is 1.06. The molecule has 0 bridgehead atoms. The Hall–Kier alpha value is -2.16. The third-order valence-corrected chi connectivity index (χ3v) is 5.59. The Labute approximate surface area is 160 Å². The lowest BCUT2D eigenvalue weighted by Gasteiger charge is -2.07. The van der Waals surface area contributed by atoms with Gasteiger partial charge in [-0.3, -0.25) is 4.79 Å². The summed E-state index contributed by atoms with van der Waals surface area (Å²) in [5.41, 5.74) is 2.14. The van der Waals surface area contributed by atoms with E-state index in [0.717, 1.165) is 27.0 Å². The summed E-state index contributed by atoms with van der Waals surface area (Å²) in [5.74, 6) is 1.08. The van der Waals surface area contributed by atoms with Gasteiger partial charge in [-0.2, -0.15) is 0 Å². The van der Waals surface area contributed by atoms with Crippen molar-refractivity contribution < 1.29 is 9.53 Å². The zero-order valence-electron chi connectivity index (χ0n) is 14.6. The van der Waals surface area contributed by atoms with Crippen molar-refractivity contribution in [1.82, 2.24) is 20.1 Å². The monoisotopic (exact) mass is 388 g/mol. The van der Waals surface area contributed by atoms with Crippen molar-refractivity contribution in [2.45, 2.75) is 18.3 Å². The number of aromatic nitrogens is 3. The van der Waals surface area contributed by atoms with Crippen LogP contribution in [0.25, 0.3) is 10.7 Å². The molecule has 0 atom stereocenters. The van der Waals surface area contributed by atoms with Gasteiger partial charge in [-0.15, -0.1) is 21.5 Å². The van der Waals surface area contributed by atoms with E-state index in [2.05, 4.69) is 15.5 Å². The SMILES string of the molecule is COCc1cccc(CNC(=O)CSc2nnc(-c3cccs3)n2C)c1. The fourth-order valence-electron chi connectivity index (χ4n) is 2.44. The molecule has 26 heavy (non-hydrogen) atoms. The van der Waals surface area contributed by atoms with E-state index in [1.54, 1.807) is 18.4 Å². The number of carbonyl (C=O) groups excluding carboxylic acids is 1. The van der Waals surface area contributed by atoms with Crippen molar-refractivity contribution in [2.24, 2.45) is 7.05 Å². The average molecular weight is 389 g/mol. The van der Waals surface area contributed by atoms with E-state index in [-0.39, 0.29) is 5.91 Å². The molecule has 0 saturated heterocycles. The smallest absolute Gasteiger partial charge is 0.230 e. The molecular weight excluding hydrogens is 368 g/mol. The number of methoxy groups -OCH3 is 1. The molecule has 0 aliphatic carbocycles. The molecule has 0 saturated carbocycles. The summed E-state index contributed by atoms with van der Waals surface area (Å²) >= 11 is 3.00. The fourth-order valence-corrected chi connectivity index (χ4v) is 3.92. The molecule has 1 N–H and O–H groups in total. The highest BCUT2D eigenvalue weighted by molar-refractivity contribution is 7.99. The maximum absolute atomic E-state index is 12.1. The highest BCUT2D eigenvalue weighted by Gasteiger charge is 2.13. The van der Waals surface area contributed by atoms with Crippen LogP contribution in [0, 0.1) is 0 Å². The molecule has 2 aromatic heterocycles. The number of benzene rings is 1. The van der Waals surface area contributed by atoms with E-state index in [1.807, 2.05) is 53.4 Å². The Kier molecular flexibility index (Phi) is 6.43. The van der Waals surface area contributed by atoms with E-state index in [1.165, 1.54) is 11.8 Å². The Bertz CT molecular complexity index is 862. The molecule has 0 aliphatic rings. The molecule has 6 nitrogen and oxygen atoms in total. The number of thioether (sulfide) groups is 1. The fraction of sp³-hybridized carbons (Fsp3) is 0.278. The van der Waals surface area contributed by atoms with Gasteiger partial charge in [-0.1, -0.05) is 42.1 Å². The van der Waals surface area contributed by atoms with Gasteiger partial charge < -0.3 is 14.6 Å². The quantitative estimate of drug-likeness (QED) is 0.601. The first-order chi connectivity index (χ1) is 12.7. The molecule has 1 amide bonds. The number of nitrogens with zero attached hydrogens (tertiary/aromatic N) is 3. The van der Waals surface area contributed by atoms with E-state index < -0.39 is 0 Å². The Morgan fingerprint density at radius 2 is 2.12 bits per heavy atom. The Morgan fingerprint density at radius 3 is 2.88 bits per heavy atom. The van der Waals surface area contributed by atoms with Crippen LogP contribution >= 0.6 is 23.1 Å². The van der Waals surface area contributed by atoms with E-state index in [4.69, 9.17) is 4.74 Å². The highest BCUT2D eigenvalue weighted by atomic mass is 32.2. The van der Waals surface area contributed by atoms with Crippen molar-refractivity contribution in [3.63, 3.8) is 0 Å². The lowest BCUT2D eigenvalue weighted by Crippen LogP contribution is -2.24. The minimum atomic E-state index is -0.0344. The predicted octanol–water partition coefficient (Wildman–Crippen LogP) is 3.10. The molecule has 3 aromatic rings. The van der Waals surface area contributed by atoms with Crippen LogP contribution < -0.4 is 5.32 Å². The van der Waals surface area contributed by atoms with Gasteiger partial charge in [0.2, 0.25) is 5.91 Å². The van der Waals surface area contributed by atoms with Gasteiger partial charge in [0.25, 0.3) is 0 Å². The van der Waals surface area contributed by atoms with Crippen LogP contribution in [0.5, 0.6) is 0 Å². The second-order valence-electron chi connectivity index (χ2n) is 5.66. The molecule has 1 aromatic carbocycles. The first-order valence-corrected chi connectivity index (χ1v) is 9.93. The Morgan fingerprint density at radius 1 is 1.27 bits per heavy atom. The summed E-state index contributed by atoms with van der Waals surface area (Å²) in [4.78, 5) is 13.2. The molecular formula is C18H20N4O2S2. The third kappa shape index (κ3) is 4.72. The molecule has 0 aliphatic heterocycles. The van der Waals surface area contributed by atoms with Gasteiger partial charge >= 0.3 is 0 Å². The molecule has 0 spiro atoms. The number of thiophene rings is 1. The van der Waals surface area contributed by atoms with E-state index in [9.17, 15) is 4.79 Å². The van der Waals surface area contributed by atoms with E-state index >= 15 is 0 Å². The number of amides is 1. The maximum atomic E-state index is 12.1. The van der Waals surface area contributed by atoms with Crippen molar-refractivity contribution in [1.29, 1.82) is 0 Å². The number of ether oxygens (including phenoxy) is 1. The van der Waals surface area contributed by atoms with Gasteiger partial charge in [0.1, 0.15) is 0 Å². The lowest BCUT2D eigenvalue weighted by atomic mass is 10.1. The van der Waals surface area contributed by atoms with Gasteiger partial charge in [-0.05, 0) is 22.6 Å². The van der Waals surface area contributed by atoms with Gasteiger partial charge in [0.05, 0.1) is 17.2 Å². The van der Waals surface area contributed by atoms with Crippen LogP contribution in [-0.4, -0.2) is 33.5 Å². The van der Waals surface area contributed by atoms with Gasteiger partial charge in [0, 0.05) is 20.7 Å². The summed E-state index contributed by atoms with van der Waals surface area (Å²) < 4.78 is 7.05. The first-order valence-electron chi connectivity index (χ1n) is 8.07. The number of hydrogen-bond acceptors (Lipinski definition) is 6. The topological polar surface area (TPSA) is 69.0 Å². The number of hydrogen-bond donors (Lipinski definition) is 1. The van der Waals surface area contributed by atoms with Crippen LogP contribution in [0.2, 0.25) is 0 Å². The summed E-state index contributed by atoms with van der Waals surface area (Å²) in [6.07, 6.45) is 0. The minimum absolute atomic E-state index is 0.0344. The molecule has 8 heteroatoms. The van der Waals surface area contributed by atoms with Crippen molar-refractivity contribution in [2.75, 3.05) is 12.9 Å². The standard InChI is InChI=1S/C18H20N4O2S2/c1-22-17(15-7-4-8-25-15)20-21-18(22)26-12-16(23)19-10-13-5-3-6-14(9-13)11-24-2/h3-9H,10-12H2,1-2H3,(H,19,23). The maximum Gasteiger partial charge on any atom is 0.230 e. The second-order valence-corrected chi connectivity index (χ2v) is 7.55. The minimum Gasteiger partial charge on any atom is -0.380 e. The van der Waals surface area contributed by atoms with Crippen molar-refractivity contribution in [3.05, 3.63) is 52.9 Å². The van der Waals surface area contributed by atoms with Crippen LogP contribution in [0.1, 0.15) is 11.1 Å². The van der Waals surface area contributed by atoms with Crippen LogP contribution in [0.3, 0.4) is 0 Å². The van der Waals surface area contributed by atoms with E-state index in [0.29, 0.717) is 18.9 Å². The number of nitrogens with one attached hydrogen (secondary N) is 1. The molecule has 2 heterocycles. The largest absolute Gasteiger partial charge is 0.380 e. The molecule has 0 radical (unpaired) electrons. The zero-order valence-corrected chi connectivity index (χ0v) is 16.3. The summed E-state index contributed by atoms with van der Waals surface area (Å²) in [6, 6.07) is 12.0. The van der Waals surface area contributed by atoms with Gasteiger partial charge in [-0.25, -0.2) is 0 Å². The summed E-state index contributed by atoms with van der Waals surface area (Å²) in [5, 5.41) is 14.1. The number of rotatable bonds is 8. The first kappa shape index (κ1) is 18.6. The lowest BCUT2D eigenvalue weighted by molar-refractivity contribution is -0.118. The zero-order chi connectivity index (χ0) is 18.4. The second kappa shape index (κ2) is 8.98. The van der Waals surface area contributed by atoms with Crippen molar-refractivity contribution in [3.8, 4) is 10.7 Å². The third-order valence-electron chi connectivity index (χ3n) is 3.70. The summed E-state index contributed by atoms with van der Waals surface area (Å²) in [7, 11) is 3.58. The molecule has 136 valence electrons. The van der Waals surface area contributed by atoms with Crippen LogP contribution in [-0.2, 0) is 29.7 Å². The number of carbonyl (C=O) groups is 1. The molecule has 3 rings (SSSR count). The molecule has 0 unspecified atom stereocenters. The molecule has 0 fully saturated rings. The predicted molar refractivity (Wildman–Crippen MR) is 104 cm³/mol. The highest BCUT2D eigenvalue weighted by Crippen LogP contribution is 2.25. The Balaban J connectivity index is 1.51. The van der Waals surface area contributed by atoms with Gasteiger partial charge in [0.15, 0.2) is 11.0 Å². The normalized spacial score (nSPS) is 10.8. The van der Waals surface area contributed by atoms with Crippen LogP contribution in [0.4, 0.5) is 0 Å².